The van der Waals surface area contributed by atoms with E-state index in [9.17, 15) is 14.9 Å². The molecule has 0 aliphatic rings. The minimum atomic E-state index is -1.17. The molecule has 0 atom stereocenters. The number of aromatic carboxylic acids is 1. The van der Waals surface area contributed by atoms with E-state index in [1.807, 2.05) is 0 Å². The molecule has 2 N–H and O–H groups in total. The average molecular weight is 210 g/mol. The molecule has 0 fully saturated rings. The van der Waals surface area contributed by atoms with Gasteiger partial charge in [-0.1, -0.05) is 6.07 Å². The summed E-state index contributed by atoms with van der Waals surface area (Å²) in [6.07, 6.45) is 0. The number of carbonyl (C=O) groups is 1. The van der Waals surface area contributed by atoms with E-state index in [-0.39, 0.29) is 11.3 Å². The maximum absolute atomic E-state index is 10.7. The van der Waals surface area contributed by atoms with Crippen molar-refractivity contribution in [2.75, 3.05) is 7.05 Å². The zero-order valence-corrected chi connectivity index (χ0v) is 8.06. The zero-order chi connectivity index (χ0) is 11.4. The van der Waals surface area contributed by atoms with Gasteiger partial charge in [-0.05, 0) is 13.1 Å². The van der Waals surface area contributed by atoms with Crippen molar-refractivity contribution in [3.63, 3.8) is 0 Å². The lowest BCUT2D eigenvalue weighted by atomic mass is 10.1. The van der Waals surface area contributed by atoms with Crippen molar-refractivity contribution in [1.82, 2.24) is 5.32 Å². The van der Waals surface area contributed by atoms with Crippen LogP contribution >= 0.6 is 0 Å². The third-order valence-electron chi connectivity index (χ3n) is 1.90. The van der Waals surface area contributed by atoms with E-state index in [0.717, 1.165) is 6.07 Å². The van der Waals surface area contributed by atoms with Crippen LogP contribution in [0, 0.1) is 10.1 Å². The maximum Gasteiger partial charge on any atom is 0.335 e. The van der Waals surface area contributed by atoms with Crippen LogP contribution in [0.2, 0.25) is 0 Å². The molecular formula is C9H10N2O4. The summed E-state index contributed by atoms with van der Waals surface area (Å²) in [6.45, 7) is 0.330. The SMILES string of the molecule is CNCc1ccc(C(=O)O)cc1[N+](=O)[O-]. The second-order valence-corrected chi connectivity index (χ2v) is 2.94. The zero-order valence-electron chi connectivity index (χ0n) is 8.06. The average Bonchev–Trinajstić information content (AvgIpc) is 2.18. The quantitative estimate of drug-likeness (QED) is 0.571. The highest BCUT2D eigenvalue weighted by atomic mass is 16.6. The van der Waals surface area contributed by atoms with Gasteiger partial charge in [0.2, 0.25) is 0 Å². The number of nitrogens with one attached hydrogen (secondary N) is 1. The van der Waals surface area contributed by atoms with Crippen LogP contribution in [0.4, 0.5) is 5.69 Å². The van der Waals surface area contributed by atoms with Gasteiger partial charge in [0.15, 0.2) is 0 Å². The largest absolute Gasteiger partial charge is 0.478 e. The number of benzene rings is 1. The predicted octanol–water partition coefficient (Wildman–Crippen LogP) is 1.01. The van der Waals surface area contributed by atoms with Gasteiger partial charge in [0.25, 0.3) is 5.69 Å². The van der Waals surface area contributed by atoms with Crippen molar-refractivity contribution in [2.24, 2.45) is 0 Å². The molecule has 0 aliphatic carbocycles. The Labute approximate surface area is 85.7 Å². The van der Waals surface area contributed by atoms with E-state index in [2.05, 4.69) is 5.32 Å². The molecule has 1 aromatic carbocycles. The summed E-state index contributed by atoms with van der Waals surface area (Å²) >= 11 is 0. The fraction of sp³-hybridized carbons (Fsp3) is 0.222. The standard InChI is InChI=1S/C9H10N2O4/c1-10-5-7-3-2-6(9(12)13)4-8(7)11(14)15/h2-4,10H,5H2,1H3,(H,12,13). The molecular weight excluding hydrogens is 200 g/mol. The Hall–Kier alpha value is -1.95. The van der Waals surface area contributed by atoms with Crippen LogP contribution in [0.3, 0.4) is 0 Å². The minimum Gasteiger partial charge on any atom is -0.478 e. The normalized spacial score (nSPS) is 9.93. The van der Waals surface area contributed by atoms with Gasteiger partial charge in [-0.3, -0.25) is 10.1 Å². The number of nitro groups is 1. The van der Waals surface area contributed by atoms with Crippen molar-refractivity contribution >= 4 is 11.7 Å². The van der Waals surface area contributed by atoms with Crippen molar-refractivity contribution in [2.45, 2.75) is 6.54 Å². The van der Waals surface area contributed by atoms with E-state index in [0.29, 0.717) is 12.1 Å². The van der Waals surface area contributed by atoms with Gasteiger partial charge in [-0.25, -0.2) is 4.79 Å². The molecule has 0 aromatic heterocycles. The second-order valence-electron chi connectivity index (χ2n) is 2.94. The molecule has 0 saturated heterocycles. The first kappa shape index (κ1) is 11.1. The molecule has 0 unspecified atom stereocenters. The Morgan fingerprint density at radius 1 is 1.60 bits per heavy atom. The summed E-state index contributed by atoms with van der Waals surface area (Å²) in [7, 11) is 1.66. The van der Waals surface area contributed by atoms with E-state index in [1.54, 1.807) is 7.05 Å². The molecule has 1 aromatic rings. The van der Waals surface area contributed by atoms with Gasteiger partial charge in [0.05, 0.1) is 10.5 Å². The van der Waals surface area contributed by atoms with Crippen LogP contribution in [0.1, 0.15) is 15.9 Å². The predicted molar refractivity (Wildman–Crippen MR) is 52.8 cm³/mol. The lowest BCUT2D eigenvalue weighted by Crippen LogP contribution is -2.08. The molecule has 6 heteroatoms. The summed E-state index contributed by atoms with van der Waals surface area (Å²) < 4.78 is 0. The molecule has 0 aliphatic heterocycles. The molecule has 0 radical (unpaired) electrons. The fourth-order valence-corrected chi connectivity index (χ4v) is 1.21. The maximum atomic E-state index is 10.7. The van der Waals surface area contributed by atoms with Crippen LogP contribution in [0.25, 0.3) is 0 Å². The number of rotatable bonds is 4. The van der Waals surface area contributed by atoms with Gasteiger partial charge < -0.3 is 10.4 Å². The van der Waals surface area contributed by atoms with Gasteiger partial charge in [0.1, 0.15) is 0 Å². The molecule has 80 valence electrons. The van der Waals surface area contributed by atoms with Gasteiger partial charge in [-0.2, -0.15) is 0 Å². The molecule has 0 bridgehead atoms. The van der Waals surface area contributed by atoms with Crippen molar-refractivity contribution in [3.8, 4) is 0 Å². The molecule has 0 heterocycles. The first-order valence-corrected chi connectivity index (χ1v) is 4.21. The van der Waals surface area contributed by atoms with Crippen LogP contribution < -0.4 is 5.32 Å². The topological polar surface area (TPSA) is 92.5 Å². The van der Waals surface area contributed by atoms with Crippen LogP contribution in [0.5, 0.6) is 0 Å². The Kier molecular flexibility index (Phi) is 3.35. The first-order valence-electron chi connectivity index (χ1n) is 4.21. The second kappa shape index (κ2) is 4.52. The molecule has 0 spiro atoms. The minimum absolute atomic E-state index is 0.0819. The van der Waals surface area contributed by atoms with E-state index < -0.39 is 10.9 Å². The Morgan fingerprint density at radius 2 is 2.27 bits per heavy atom. The summed E-state index contributed by atoms with van der Waals surface area (Å²) in [5.74, 6) is -1.17. The number of nitro benzene ring substituents is 1. The van der Waals surface area contributed by atoms with Gasteiger partial charge in [0, 0.05) is 18.2 Å². The van der Waals surface area contributed by atoms with E-state index in [4.69, 9.17) is 5.11 Å². The molecule has 0 saturated carbocycles. The number of hydrogen-bond donors (Lipinski definition) is 2. The molecule has 1 rings (SSSR count). The lowest BCUT2D eigenvalue weighted by molar-refractivity contribution is -0.385. The van der Waals surface area contributed by atoms with Crippen LogP contribution in [-0.2, 0) is 6.54 Å². The highest BCUT2D eigenvalue weighted by Crippen LogP contribution is 2.20. The Balaban J connectivity index is 3.20. The third-order valence-corrected chi connectivity index (χ3v) is 1.90. The smallest absolute Gasteiger partial charge is 0.335 e. The summed E-state index contributed by atoms with van der Waals surface area (Å²) in [5, 5.41) is 22.1. The number of carboxylic acid groups (broad SMARTS) is 1. The van der Waals surface area contributed by atoms with Gasteiger partial charge >= 0.3 is 5.97 Å². The van der Waals surface area contributed by atoms with Crippen molar-refractivity contribution in [3.05, 3.63) is 39.4 Å². The number of hydrogen-bond acceptors (Lipinski definition) is 4. The Morgan fingerprint density at radius 3 is 2.73 bits per heavy atom. The van der Waals surface area contributed by atoms with E-state index in [1.165, 1.54) is 12.1 Å². The molecule has 0 amide bonds. The monoisotopic (exact) mass is 210 g/mol. The highest BCUT2D eigenvalue weighted by molar-refractivity contribution is 5.88. The first-order chi connectivity index (χ1) is 7.06. The van der Waals surface area contributed by atoms with Gasteiger partial charge in [-0.15, -0.1) is 0 Å². The van der Waals surface area contributed by atoms with Crippen LogP contribution in [-0.4, -0.2) is 23.0 Å². The number of nitrogens with zero attached hydrogens (tertiary/aromatic N) is 1. The van der Waals surface area contributed by atoms with Crippen molar-refractivity contribution < 1.29 is 14.8 Å². The lowest BCUT2D eigenvalue weighted by Gasteiger charge is -2.02. The Bertz CT molecular complexity index is 403. The fourth-order valence-electron chi connectivity index (χ4n) is 1.21. The van der Waals surface area contributed by atoms with Crippen molar-refractivity contribution in [1.29, 1.82) is 0 Å². The molecule has 6 nitrogen and oxygen atoms in total. The summed E-state index contributed by atoms with van der Waals surface area (Å²) in [4.78, 5) is 20.7. The molecule has 15 heavy (non-hydrogen) atoms. The van der Waals surface area contributed by atoms with E-state index >= 15 is 0 Å². The highest BCUT2D eigenvalue weighted by Gasteiger charge is 2.16. The summed E-state index contributed by atoms with van der Waals surface area (Å²) in [6, 6.07) is 3.86. The van der Waals surface area contributed by atoms with Crippen LogP contribution in [0.15, 0.2) is 18.2 Å². The number of carboxylic acids is 1. The summed E-state index contributed by atoms with van der Waals surface area (Å²) in [5.41, 5.74) is 0.207. The third kappa shape index (κ3) is 2.50.